The number of aromatic amines is 1. The molecule has 0 atom stereocenters. The van der Waals surface area contributed by atoms with Crippen molar-refractivity contribution in [1.82, 2.24) is 25.1 Å². The van der Waals surface area contributed by atoms with Crippen molar-refractivity contribution in [1.29, 1.82) is 0 Å². The topological polar surface area (TPSA) is 73.4 Å². The Kier molecular flexibility index (Phi) is 6.22. The molecule has 31 heavy (non-hydrogen) atoms. The number of aromatic nitrogens is 4. The predicted molar refractivity (Wildman–Crippen MR) is 126 cm³/mol. The number of piperazine rings is 1. The fraction of sp³-hybridized carbons (Fsp3) is 0.500. The van der Waals surface area contributed by atoms with E-state index in [2.05, 4.69) is 75.1 Å². The minimum absolute atomic E-state index is 0.751. The number of fused-ring (bicyclic) bond motifs is 1. The summed E-state index contributed by atoms with van der Waals surface area (Å²) in [5.41, 5.74) is 1.97. The van der Waals surface area contributed by atoms with Gasteiger partial charge in [-0.15, -0.1) is 0 Å². The summed E-state index contributed by atoms with van der Waals surface area (Å²) in [5.74, 6) is 1.89. The van der Waals surface area contributed by atoms with Crippen molar-refractivity contribution in [2.75, 3.05) is 62.2 Å². The van der Waals surface area contributed by atoms with E-state index >= 15 is 0 Å². The molecule has 2 aliphatic heterocycles. The predicted octanol–water partition coefficient (Wildman–Crippen LogP) is 3.31. The van der Waals surface area contributed by atoms with Crippen LogP contribution in [-0.2, 0) is 0 Å². The summed E-state index contributed by atoms with van der Waals surface area (Å²) >= 11 is 3.51. The average Bonchev–Trinajstić information content (AvgIpc) is 3.21. The first-order valence-electron chi connectivity index (χ1n) is 11.1. The van der Waals surface area contributed by atoms with Crippen molar-refractivity contribution in [3.63, 3.8) is 0 Å². The van der Waals surface area contributed by atoms with Gasteiger partial charge in [0.2, 0.25) is 0 Å². The molecule has 4 heterocycles. The lowest BCUT2D eigenvalue weighted by molar-refractivity contribution is 0.183. The van der Waals surface area contributed by atoms with Crippen LogP contribution in [0.15, 0.2) is 35.2 Å². The van der Waals surface area contributed by atoms with Crippen LogP contribution in [-0.4, -0.2) is 77.5 Å². The van der Waals surface area contributed by atoms with E-state index in [0.29, 0.717) is 0 Å². The summed E-state index contributed by atoms with van der Waals surface area (Å²) in [4.78, 5) is 16.0. The fourth-order valence-electron chi connectivity index (χ4n) is 4.47. The lowest BCUT2D eigenvalue weighted by Crippen LogP contribution is -2.46. The molecule has 0 spiro atoms. The molecule has 2 fully saturated rings. The Hall–Kier alpha value is -2.39. The molecule has 0 saturated carbocycles. The maximum atomic E-state index is 6.07. The fourth-order valence-corrected chi connectivity index (χ4v) is 4.92. The zero-order chi connectivity index (χ0) is 21.0. The highest BCUT2D eigenvalue weighted by Crippen LogP contribution is 2.30. The number of hydrogen-bond acceptors (Lipinski definition) is 7. The molecule has 0 aliphatic carbocycles. The average molecular weight is 486 g/mol. The smallest absolute Gasteiger partial charge is 0.161 e. The number of piperidine rings is 1. The van der Waals surface area contributed by atoms with E-state index in [1.165, 1.54) is 38.0 Å². The Morgan fingerprint density at radius 1 is 0.968 bits per heavy atom. The Morgan fingerprint density at radius 3 is 2.61 bits per heavy atom. The minimum atomic E-state index is 0.751. The Labute approximate surface area is 190 Å². The van der Waals surface area contributed by atoms with Gasteiger partial charge in [-0.2, -0.15) is 5.10 Å². The number of benzene rings is 1. The molecule has 3 aromatic rings. The summed E-state index contributed by atoms with van der Waals surface area (Å²) in [5, 5.41) is 8.10. The van der Waals surface area contributed by atoms with Crippen LogP contribution in [0.5, 0.6) is 5.75 Å². The lowest BCUT2D eigenvalue weighted by Gasteiger charge is -2.37. The third kappa shape index (κ3) is 4.62. The number of H-pyrrole nitrogens is 1. The van der Waals surface area contributed by atoms with Gasteiger partial charge in [-0.3, -0.25) is 10.00 Å². The highest BCUT2D eigenvalue weighted by Gasteiger charge is 2.22. The van der Waals surface area contributed by atoms with Crippen molar-refractivity contribution < 1.29 is 4.74 Å². The number of likely N-dealkylation sites (tertiary alicyclic amines) is 1. The molecular weight excluding hydrogens is 458 g/mol. The largest absolute Gasteiger partial charge is 0.492 e. The molecule has 164 valence electrons. The van der Waals surface area contributed by atoms with E-state index in [4.69, 9.17) is 4.74 Å². The summed E-state index contributed by atoms with van der Waals surface area (Å²) in [6, 6.07) is 8.49. The monoisotopic (exact) mass is 485 g/mol. The number of nitrogens with one attached hydrogen (secondary N) is 1. The normalized spacial score (nSPS) is 18.0. The summed E-state index contributed by atoms with van der Waals surface area (Å²) in [6.07, 6.45) is 5.60. The molecule has 0 unspecified atom stereocenters. The van der Waals surface area contributed by atoms with Gasteiger partial charge in [-0.1, -0.05) is 12.5 Å². The highest BCUT2D eigenvalue weighted by atomic mass is 79.9. The molecule has 2 saturated heterocycles. The van der Waals surface area contributed by atoms with E-state index in [-0.39, 0.29) is 0 Å². The zero-order valence-corrected chi connectivity index (χ0v) is 19.2. The van der Waals surface area contributed by atoms with Crippen LogP contribution in [0.1, 0.15) is 19.3 Å². The number of nitrogens with zero attached hydrogens (tertiary/aromatic N) is 6. The number of ether oxygens (including phenoxy) is 1. The first kappa shape index (κ1) is 20.5. The van der Waals surface area contributed by atoms with Gasteiger partial charge in [0, 0.05) is 44.5 Å². The first-order valence-corrected chi connectivity index (χ1v) is 11.9. The second-order valence-corrected chi connectivity index (χ2v) is 8.91. The number of hydrogen-bond donors (Lipinski definition) is 1. The highest BCUT2D eigenvalue weighted by molar-refractivity contribution is 9.10. The van der Waals surface area contributed by atoms with E-state index < -0.39 is 0 Å². The van der Waals surface area contributed by atoms with Crippen LogP contribution in [0, 0.1) is 0 Å². The molecule has 5 rings (SSSR count). The van der Waals surface area contributed by atoms with Crippen LogP contribution in [0.4, 0.5) is 11.5 Å². The van der Waals surface area contributed by atoms with Crippen molar-refractivity contribution in [3.05, 3.63) is 35.2 Å². The molecule has 0 amide bonds. The van der Waals surface area contributed by atoms with Crippen LogP contribution in [0.25, 0.3) is 11.0 Å². The Balaban J connectivity index is 1.18. The summed E-state index contributed by atoms with van der Waals surface area (Å²) in [7, 11) is 0. The van der Waals surface area contributed by atoms with Gasteiger partial charge in [0.1, 0.15) is 29.1 Å². The third-order valence-electron chi connectivity index (χ3n) is 6.18. The van der Waals surface area contributed by atoms with Crippen molar-refractivity contribution in [2.24, 2.45) is 0 Å². The minimum Gasteiger partial charge on any atom is -0.492 e. The quantitative estimate of drug-likeness (QED) is 0.573. The van der Waals surface area contributed by atoms with Crippen LogP contribution in [0.2, 0.25) is 0 Å². The second-order valence-electron chi connectivity index (χ2n) is 8.16. The van der Waals surface area contributed by atoms with Crippen LogP contribution < -0.4 is 14.5 Å². The number of anilines is 2. The summed E-state index contributed by atoms with van der Waals surface area (Å²) < 4.78 is 6.83. The third-order valence-corrected chi connectivity index (χ3v) is 6.75. The van der Waals surface area contributed by atoms with Gasteiger partial charge < -0.3 is 14.5 Å². The molecule has 9 heteroatoms. The van der Waals surface area contributed by atoms with E-state index in [1.807, 2.05) is 0 Å². The Bertz CT molecular complexity index is 1010. The van der Waals surface area contributed by atoms with E-state index in [9.17, 15) is 0 Å². The van der Waals surface area contributed by atoms with Gasteiger partial charge >= 0.3 is 0 Å². The van der Waals surface area contributed by atoms with Crippen LogP contribution >= 0.6 is 15.9 Å². The van der Waals surface area contributed by atoms with Crippen molar-refractivity contribution in [2.45, 2.75) is 19.3 Å². The molecule has 0 bridgehead atoms. The van der Waals surface area contributed by atoms with Crippen LogP contribution in [0.3, 0.4) is 0 Å². The molecular formula is C22H28BrN7O. The zero-order valence-electron chi connectivity index (χ0n) is 17.6. The standard InChI is InChI=1S/C22H28BrN7O/c23-20-19-21(27-26-20)24-16-25-22(19)30-11-9-29(10-12-30)17-5-4-6-18(15-17)31-14-13-28-7-2-1-3-8-28/h4-6,15-16H,1-3,7-14H2,(H,24,25,26,27). The second kappa shape index (κ2) is 9.40. The molecule has 2 aromatic heterocycles. The molecule has 1 N–H and O–H groups in total. The maximum absolute atomic E-state index is 6.07. The molecule has 1 aromatic carbocycles. The van der Waals surface area contributed by atoms with E-state index in [0.717, 1.165) is 66.5 Å². The molecule has 2 aliphatic rings. The number of halogens is 1. The van der Waals surface area contributed by atoms with Gasteiger partial charge in [0.05, 0.1) is 5.39 Å². The van der Waals surface area contributed by atoms with Crippen molar-refractivity contribution in [3.8, 4) is 5.75 Å². The van der Waals surface area contributed by atoms with Gasteiger partial charge in [-0.05, 0) is 54.0 Å². The number of rotatable bonds is 6. The van der Waals surface area contributed by atoms with E-state index in [1.54, 1.807) is 6.33 Å². The SMILES string of the molecule is Brc1n[nH]c2ncnc(N3CCN(c4cccc(OCCN5CCCCC5)c4)CC3)c12. The maximum Gasteiger partial charge on any atom is 0.161 e. The van der Waals surface area contributed by atoms with Gasteiger partial charge in [0.25, 0.3) is 0 Å². The van der Waals surface area contributed by atoms with Gasteiger partial charge in [-0.25, -0.2) is 9.97 Å². The molecule has 0 radical (unpaired) electrons. The first-order chi connectivity index (χ1) is 15.3. The summed E-state index contributed by atoms with van der Waals surface area (Å²) in [6.45, 7) is 7.83. The van der Waals surface area contributed by atoms with Crippen molar-refractivity contribution >= 4 is 38.5 Å². The Morgan fingerprint density at radius 2 is 1.77 bits per heavy atom. The lowest BCUT2D eigenvalue weighted by atomic mass is 10.1. The van der Waals surface area contributed by atoms with Gasteiger partial charge in [0.15, 0.2) is 5.65 Å². The molecule has 8 nitrogen and oxygen atoms in total.